The number of hydrogen-bond donors (Lipinski definition) is 2. The summed E-state index contributed by atoms with van der Waals surface area (Å²) < 4.78 is 10.3. The largest absolute Gasteiger partial charge is 0.399 e. The first-order valence-electron chi connectivity index (χ1n) is 6.33. The van der Waals surface area contributed by atoms with Gasteiger partial charge in [0.15, 0.2) is 0 Å². The van der Waals surface area contributed by atoms with Crippen LogP contribution in [-0.2, 0) is 15.9 Å². The van der Waals surface area contributed by atoms with Crippen LogP contribution in [-0.4, -0.2) is 40.0 Å². The van der Waals surface area contributed by atoms with Crippen LogP contribution in [0.4, 0.5) is 5.69 Å². The van der Waals surface area contributed by atoms with E-state index in [0.717, 1.165) is 31.6 Å². The summed E-state index contributed by atoms with van der Waals surface area (Å²) in [5.74, 6) is 0. The third-order valence-electron chi connectivity index (χ3n) is 2.83. The second kappa shape index (κ2) is 8.91. The smallest absolute Gasteiger partial charge is 0.0928 e. The van der Waals surface area contributed by atoms with Crippen LogP contribution in [0.1, 0.15) is 12.0 Å². The zero-order chi connectivity index (χ0) is 13.2. The molecule has 4 nitrogen and oxygen atoms in total. The van der Waals surface area contributed by atoms with Crippen molar-refractivity contribution in [3.63, 3.8) is 0 Å². The van der Waals surface area contributed by atoms with Crippen molar-refractivity contribution in [3.8, 4) is 0 Å². The summed E-state index contributed by atoms with van der Waals surface area (Å²) in [5.41, 5.74) is 7.86. The molecule has 0 aliphatic heterocycles. The standard InChI is InChI=1S/C14H24N2O2/c1-17-11-14(18-2)10-16-8-4-6-12-5-3-7-13(15)9-12/h3,5,7,9,14,16H,4,6,8,10-11,15H2,1-2H3. The highest BCUT2D eigenvalue weighted by molar-refractivity contribution is 5.40. The minimum atomic E-state index is 0.127. The van der Waals surface area contributed by atoms with Gasteiger partial charge in [0.25, 0.3) is 0 Å². The normalized spacial score (nSPS) is 12.6. The van der Waals surface area contributed by atoms with E-state index in [9.17, 15) is 0 Å². The number of nitrogens with two attached hydrogens (primary N) is 1. The van der Waals surface area contributed by atoms with Crippen LogP contribution in [0.25, 0.3) is 0 Å². The number of aryl methyl sites for hydroxylation is 1. The van der Waals surface area contributed by atoms with E-state index in [-0.39, 0.29) is 6.10 Å². The molecule has 1 aromatic rings. The molecule has 0 aliphatic rings. The maximum absolute atomic E-state index is 5.73. The molecule has 0 bridgehead atoms. The SMILES string of the molecule is COCC(CNCCCc1cccc(N)c1)OC. The van der Waals surface area contributed by atoms with Crippen molar-refractivity contribution in [1.29, 1.82) is 0 Å². The van der Waals surface area contributed by atoms with Crippen LogP contribution < -0.4 is 11.1 Å². The van der Waals surface area contributed by atoms with Crippen molar-refractivity contribution in [1.82, 2.24) is 5.32 Å². The molecule has 1 unspecified atom stereocenters. The molecule has 1 rings (SSSR count). The number of anilines is 1. The number of benzene rings is 1. The fourth-order valence-electron chi connectivity index (χ4n) is 1.83. The molecule has 4 heteroatoms. The molecule has 0 aromatic heterocycles. The highest BCUT2D eigenvalue weighted by Crippen LogP contribution is 2.08. The number of rotatable bonds is 9. The second-order valence-corrected chi connectivity index (χ2v) is 4.37. The van der Waals surface area contributed by atoms with E-state index in [1.807, 2.05) is 18.2 Å². The van der Waals surface area contributed by atoms with Gasteiger partial charge in [-0.25, -0.2) is 0 Å². The Kier molecular flexibility index (Phi) is 7.41. The molecule has 0 saturated heterocycles. The third kappa shape index (κ3) is 6.00. The Morgan fingerprint density at radius 1 is 1.33 bits per heavy atom. The lowest BCUT2D eigenvalue weighted by Gasteiger charge is -2.14. The van der Waals surface area contributed by atoms with Gasteiger partial charge in [-0.2, -0.15) is 0 Å². The van der Waals surface area contributed by atoms with Crippen LogP contribution in [0.3, 0.4) is 0 Å². The maximum atomic E-state index is 5.73. The fourth-order valence-corrected chi connectivity index (χ4v) is 1.83. The van der Waals surface area contributed by atoms with Gasteiger partial charge in [0, 0.05) is 26.5 Å². The van der Waals surface area contributed by atoms with Gasteiger partial charge in [0.1, 0.15) is 0 Å². The predicted octanol–water partition coefficient (Wildman–Crippen LogP) is 1.45. The molecule has 0 aliphatic carbocycles. The Morgan fingerprint density at radius 3 is 2.83 bits per heavy atom. The lowest BCUT2D eigenvalue weighted by molar-refractivity contribution is 0.0290. The van der Waals surface area contributed by atoms with Crippen molar-refractivity contribution in [3.05, 3.63) is 29.8 Å². The molecule has 3 N–H and O–H groups in total. The Hall–Kier alpha value is -1.10. The highest BCUT2D eigenvalue weighted by atomic mass is 16.5. The van der Waals surface area contributed by atoms with E-state index in [2.05, 4.69) is 11.4 Å². The molecule has 18 heavy (non-hydrogen) atoms. The summed E-state index contributed by atoms with van der Waals surface area (Å²) in [4.78, 5) is 0. The number of nitrogen functional groups attached to an aromatic ring is 1. The Balaban J connectivity index is 2.11. The van der Waals surface area contributed by atoms with Gasteiger partial charge in [0.2, 0.25) is 0 Å². The molecular weight excluding hydrogens is 228 g/mol. The molecule has 0 heterocycles. The summed E-state index contributed by atoms with van der Waals surface area (Å²) in [7, 11) is 3.39. The number of methoxy groups -OCH3 is 2. The average Bonchev–Trinajstić information content (AvgIpc) is 2.37. The minimum absolute atomic E-state index is 0.127. The van der Waals surface area contributed by atoms with Crippen molar-refractivity contribution >= 4 is 5.69 Å². The zero-order valence-electron chi connectivity index (χ0n) is 11.3. The Bertz CT molecular complexity index is 331. The second-order valence-electron chi connectivity index (χ2n) is 4.37. The average molecular weight is 252 g/mol. The van der Waals surface area contributed by atoms with Gasteiger partial charge < -0.3 is 20.5 Å². The molecule has 1 atom stereocenters. The van der Waals surface area contributed by atoms with Crippen molar-refractivity contribution < 1.29 is 9.47 Å². The maximum Gasteiger partial charge on any atom is 0.0928 e. The minimum Gasteiger partial charge on any atom is -0.399 e. The van der Waals surface area contributed by atoms with Crippen molar-refractivity contribution in [2.75, 3.05) is 39.6 Å². The van der Waals surface area contributed by atoms with E-state index in [4.69, 9.17) is 15.2 Å². The first kappa shape index (κ1) is 15.0. The molecule has 0 amide bonds. The molecule has 0 saturated carbocycles. The monoisotopic (exact) mass is 252 g/mol. The Morgan fingerprint density at radius 2 is 2.17 bits per heavy atom. The summed E-state index contributed by atoms with van der Waals surface area (Å²) >= 11 is 0. The van der Waals surface area contributed by atoms with Gasteiger partial charge in [-0.1, -0.05) is 12.1 Å². The lowest BCUT2D eigenvalue weighted by Crippen LogP contribution is -2.32. The summed E-state index contributed by atoms with van der Waals surface area (Å²) in [5, 5.41) is 3.37. The number of ether oxygens (including phenoxy) is 2. The third-order valence-corrected chi connectivity index (χ3v) is 2.83. The molecular formula is C14H24N2O2. The molecule has 0 spiro atoms. The first-order valence-corrected chi connectivity index (χ1v) is 6.33. The first-order chi connectivity index (χ1) is 8.76. The molecule has 0 fully saturated rings. The topological polar surface area (TPSA) is 56.5 Å². The van der Waals surface area contributed by atoms with E-state index in [1.54, 1.807) is 14.2 Å². The zero-order valence-corrected chi connectivity index (χ0v) is 11.3. The van der Waals surface area contributed by atoms with Gasteiger partial charge >= 0.3 is 0 Å². The van der Waals surface area contributed by atoms with Crippen molar-refractivity contribution in [2.45, 2.75) is 18.9 Å². The summed E-state index contributed by atoms with van der Waals surface area (Å²) in [6.07, 6.45) is 2.26. The lowest BCUT2D eigenvalue weighted by atomic mass is 10.1. The quantitative estimate of drug-likeness (QED) is 0.516. The van der Waals surface area contributed by atoms with E-state index >= 15 is 0 Å². The van der Waals surface area contributed by atoms with Crippen LogP contribution in [0.5, 0.6) is 0 Å². The summed E-state index contributed by atoms with van der Waals surface area (Å²) in [6, 6.07) is 8.05. The van der Waals surface area contributed by atoms with Crippen LogP contribution in [0.15, 0.2) is 24.3 Å². The van der Waals surface area contributed by atoms with Gasteiger partial charge in [-0.15, -0.1) is 0 Å². The van der Waals surface area contributed by atoms with Crippen LogP contribution in [0.2, 0.25) is 0 Å². The van der Waals surface area contributed by atoms with E-state index in [1.165, 1.54) is 5.56 Å². The fraction of sp³-hybridized carbons (Fsp3) is 0.571. The summed E-state index contributed by atoms with van der Waals surface area (Å²) in [6.45, 7) is 2.42. The van der Waals surface area contributed by atoms with Gasteiger partial charge in [-0.05, 0) is 37.1 Å². The number of nitrogens with one attached hydrogen (secondary N) is 1. The molecule has 1 aromatic carbocycles. The van der Waals surface area contributed by atoms with E-state index in [0.29, 0.717) is 6.61 Å². The van der Waals surface area contributed by atoms with Gasteiger partial charge in [-0.3, -0.25) is 0 Å². The van der Waals surface area contributed by atoms with Crippen molar-refractivity contribution in [2.24, 2.45) is 0 Å². The molecule has 102 valence electrons. The van der Waals surface area contributed by atoms with Crippen LogP contribution in [0, 0.1) is 0 Å². The number of hydrogen-bond acceptors (Lipinski definition) is 4. The predicted molar refractivity (Wildman–Crippen MR) is 74.7 cm³/mol. The highest BCUT2D eigenvalue weighted by Gasteiger charge is 2.05. The van der Waals surface area contributed by atoms with Crippen LogP contribution >= 0.6 is 0 Å². The molecule has 0 radical (unpaired) electrons. The Labute approximate surface area is 109 Å². The van der Waals surface area contributed by atoms with Gasteiger partial charge in [0.05, 0.1) is 12.7 Å². The van der Waals surface area contributed by atoms with E-state index < -0.39 is 0 Å².